The zero-order valence-corrected chi connectivity index (χ0v) is 17.7. The Labute approximate surface area is 171 Å². The molecule has 1 fully saturated rings. The third kappa shape index (κ3) is 3.71. The van der Waals surface area contributed by atoms with Crippen LogP contribution in [0.25, 0.3) is 0 Å². The number of alkyl halides is 1. The molecular weight excluding hydrogens is 394 g/mol. The molecule has 2 aromatic carbocycles. The van der Waals surface area contributed by atoms with Gasteiger partial charge in [-0.2, -0.15) is 0 Å². The normalized spacial score (nSPS) is 27.5. The van der Waals surface area contributed by atoms with Gasteiger partial charge in [0, 0.05) is 49.3 Å². The van der Waals surface area contributed by atoms with Gasteiger partial charge in [-0.1, -0.05) is 24.3 Å². The monoisotopic (exact) mass is 420 g/mol. The molecule has 0 N–H and O–H groups in total. The molecule has 4 atom stereocenters. The largest absolute Gasteiger partial charge is 0.305 e. The summed E-state index contributed by atoms with van der Waals surface area (Å²) in [4.78, 5) is 4.62. The predicted molar refractivity (Wildman–Crippen MR) is 109 cm³/mol. The summed E-state index contributed by atoms with van der Waals surface area (Å²) in [6.07, 6.45) is 0.328. The number of hydrogen-bond donors (Lipinski definition) is 0. The molecule has 2 aromatic rings. The van der Waals surface area contributed by atoms with E-state index in [-0.39, 0.29) is 30.2 Å². The van der Waals surface area contributed by atoms with Crippen molar-refractivity contribution in [3.63, 3.8) is 0 Å². The van der Waals surface area contributed by atoms with Crippen LogP contribution in [-0.4, -0.2) is 57.7 Å². The van der Waals surface area contributed by atoms with Crippen molar-refractivity contribution in [1.29, 1.82) is 0 Å². The fourth-order valence-corrected chi connectivity index (χ4v) is 5.47. The van der Waals surface area contributed by atoms with Gasteiger partial charge in [-0.15, -0.1) is 0 Å². The van der Waals surface area contributed by atoms with Crippen molar-refractivity contribution in [1.82, 2.24) is 9.80 Å². The maximum absolute atomic E-state index is 14.6. The Morgan fingerprint density at radius 3 is 2.38 bits per heavy atom. The molecule has 4 rings (SSSR count). The van der Waals surface area contributed by atoms with E-state index < -0.39 is 16.0 Å². The third-order valence-corrected chi connectivity index (χ3v) is 7.47. The second kappa shape index (κ2) is 7.45. The van der Waals surface area contributed by atoms with Crippen LogP contribution in [0.5, 0.6) is 0 Å². The Hall–Kier alpha value is -1.83. The molecule has 4 nitrogen and oxygen atoms in total. The molecule has 0 unspecified atom stereocenters. The number of hydrogen-bond acceptors (Lipinski definition) is 4. The predicted octanol–water partition coefficient (Wildman–Crippen LogP) is 3.71. The maximum Gasteiger partial charge on any atom is 0.175 e. The Morgan fingerprint density at radius 2 is 1.76 bits per heavy atom. The van der Waals surface area contributed by atoms with Crippen LogP contribution in [0.3, 0.4) is 0 Å². The van der Waals surface area contributed by atoms with Crippen LogP contribution in [0.2, 0.25) is 0 Å². The number of likely N-dealkylation sites (N-methyl/N-ethyl adjacent to an activating group) is 1. The molecule has 0 spiro atoms. The van der Waals surface area contributed by atoms with Crippen LogP contribution in [-0.2, 0) is 9.84 Å². The molecule has 0 saturated carbocycles. The minimum Gasteiger partial charge on any atom is -0.305 e. The van der Waals surface area contributed by atoms with Gasteiger partial charge in [-0.05, 0) is 43.4 Å². The van der Waals surface area contributed by atoms with Gasteiger partial charge in [0.05, 0.1) is 4.90 Å². The fourth-order valence-electron chi connectivity index (χ4n) is 4.83. The quantitative estimate of drug-likeness (QED) is 0.756. The van der Waals surface area contributed by atoms with Crippen molar-refractivity contribution in [2.45, 2.75) is 35.5 Å². The van der Waals surface area contributed by atoms with Crippen LogP contribution < -0.4 is 0 Å². The molecule has 156 valence electrons. The van der Waals surface area contributed by atoms with E-state index in [1.54, 1.807) is 24.3 Å². The molecule has 2 aliphatic rings. The first kappa shape index (κ1) is 20.4. The lowest BCUT2D eigenvalue weighted by Crippen LogP contribution is -2.35. The third-order valence-electron chi connectivity index (χ3n) is 6.35. The van der Waals surface area contributed by atoms with Crippen molar-refractivity contribution in [3.05, 3.63) is 65.0 Å². The fraction of sp³-hybridized carbons (Fsp3) is 0.455. The number of halogens is 2. The minimum absolute atomic E-state index is 0.132. The van der Waals surface area contributed by atoms with Gasteiger partial charge in [0.2, 0.25) is 0 Å². The van der Waals surface area contributed by atoms with Crippen LogP contribution in [0.4, 0.5) is 8.78 Å². The highest BCUT2D eigenvalue weighted by Gasteiger charge is 2.43. The van der Waals surface area contributed by atoms with E-state index in [2.05, 4.69) is 9.80 Å². The van der Waals surface area contributed by atoms with Crippen molar-refractivity contribution >= 4 is 9.84 Å². The number of likely N-dealkylation sites (tertiary alicyclic amines) is 1. The van der Waals surface area contributed by atoms with Gasteiger partial charge in [0.1, 0.15) is 12.0 Å². The second-order valence-corrected chi connectivity index (χ2v) is 10.4. The van der Waals surface area contributed by atoms with E-state index in [4.69, 9.17) is 0 Å². The first-order valence-corrected chi connectivity index (χ1v) is 11.7. The molecule has 1 heterocycles. The maximum atomic E-state index is 14.6. The summed E-state index contributed by atoms with van der Waals surface area (Å²) in [6, 6.07) is 11.6. The number of nitrogens with zero attached hydrogens (tertiary/aromatic N) is 2. The highest BCUT2D eigenvalue weighted by Crippen LogP contribution is 2.48. The topological polar surface area (TPSA) is 40.6 Å². The standard InChI is InChI=1S/C22H26F2N2O2S/c1-25(2)21-13-26(20-11-19(24)16-5-4-6-18(23)22(16)20)12-17(21)14-7-9-15(10-8-14)29(3,27)28/h4-10,17,19-21H,11-13H2,1-3H3/t17-,19+,20-,21+/m1/s1. The first-order chi connectivity index (χ1) is 13.7. The highest BCUT2D eigenvalue weighted by molar-refractivity contribution is 7.90. The van der Waals surface area contributed by atoms with Crippen LogP contribution in [0.15, 0.2) is 47.4 Å². The zero-order valence-electron chi connectivity index (χ0n) is 16.8. The van der Waals surface area contributed by atoms with E-state index in [1.165, 1.54) is 12.3 Å². The van der Waals surface area contributed by atoms with Crippen molar-refractivity contribution < 1.29 is 17.2 Å². The lowest BCUT2D eigenvalue weighted by Gasteiger charge is -2.26. The van der Waals surface area contributed by atoms with Crippen LogP contribution in [0, 0.1) is 5.82 Å². The van der Waals surface area contributed by atoms with E-state index in [1.807, 2.05) is 26.2 Å². The van der Waals surface area contributed by atoms with E-state index >= 15 is 0 Å². The summed E-state index contributed by atoms with van der Waals surface area (Å²) < 4.78 is 52.6. The van der Waals surface area contributed by atoms with Gasteiger partial charge in [0.15, 0.2) is 9.84 Å². The lowest BCUT2D eigenvalue weighted by atomic mass is 9.94. The van der Waals surface area contributed by atoms with E-state index in [0.29, 0.717) is 29.1 Å². The molecule has 1 aliphatic heterocycles. The average Bonchev–Trinajstić information content (AvgIpc) is 3.24. The van der Waals surface area contributed by atoms with Gasteiger partial charge < -0.3 is 4.90 Å². The molecule has 0 bridgehead atoms. The van der Waals surface area contributed by atoms with E-state index in [9.17, 15) is 17.2 Å². The Balaban J connectivity index is 1.64. The van der Waals surface area contributed by atoms with Gasteiger partial charge in [0.25, 0.3) is 0 Å². The lowest BCUT2D eigenvalue weighted by molar-refractivity contribution is 0.188. The van der Waals surface area contributed by atoms with Gasteiger partial charge in [-0.25, -0.2) is 17.2 Å². The van der Waals surface area contributed by atoms with E-state index in [0.717, 1.165) is 5.56 Å². The summed E-state index contributed by atoms with van der Waals surface area (Å²) in [5.74, 6) is -0.206. The molecule has 0 aromatic heterocycles. The Bertz CT molecular complexity index is 1010. The SMILES string of the molecule is CN(C)[C@H]1CN([C@@H]2C[C@H](F)c3cccc(F)c32)C[C@@H]1c1ccc(S(C)(=O)=O)cc1. The number of benzene rings is 2. The van der Waals surface area contributed by atoms with Crippen molar-refractivity contribution in [2.75, 3.05) is 33.4 Å². The number of sulfone groups is 1. The van der Waals surface area contributed by atoms with Gasteiger partial charge in [-0.3, -0.25) is 4.90 Å². The molecule has 0 radical (unpaired) electrons. The molecular formula is C22H26F2N2O2S. The smallest absolute Gasteiger partial charge is 0.175 e. The molecule has 7 heteroatoms. The van der Waals surface area contributed by atoms with Crippen LogP contribution >= 0.6 is 0 Å². The average molecular weight is 421 g/mol. The summed E-state index contributed by atoms with van der Waals surface area (Å²) in [5, 5.41) is 0. The molecule has 0 amide bonds. The highest BCUT2D eigenvalue weighted by atomic mass is 32.2. The Kier molecular flexibility index (Phi) is 5.25. The summed E-state index contributed by atoms with van der Waals surface area (Å²) >= 11 is 0. The number of fused-ring (bicyclic) bond motifs is 1. The molecule has 1 aliphatic carbocycles. The number of rotatable bonds is 4. The zero-order chi connectivity index (χ0) is 20.9. The summed E-state index contributed by atoms with van der Waals surface area (Å²) in [5.41, 5.74) is 2.00. The first-order valence-electron chi connectivity index (χ1n) is 9.79. The van der Waals surface area contributed by atoms with Crippen molar-refractivity contribution in [3.8, 4) is 0 Å². The van der Waals surface area contributed by atoms with Gasteiger partial charge >= 0.3 is 0 Å². The summed E-state index contributed by atoms with van der Waals surface area (Å²) in [7, 11) is 0.769. The summed E-state index contributed by atoms with van der Waals surface area (Å²) in [6.45, 7) is 1.38. The van der Waals surface area contributed by atoms with Crippen LogP contribution in [0.1, 0.15) is 41.2 Å². The Morgan fingerprint density at radius 1 is 1.07 bits per heavy atom. The minimum atomic E-state index is -3.25. The second-order valence-electron chi connectivity index (χ2n) is 8.39. The molecule has 29 heavy (non-hydrogen) atoms. The van der Waals surface area contributed by atoms with Crippen molar-refractivity contribution in [2.24, 2.45) is 0 Å². The molecule has 1 saturated heterocycles.